The fourth-order valence-electron chi connectivity index (χ4n) is 1.26. The molecule has 0 amide bonds. The van der Waals surface area contributed by atoms with Gasteiger partial charge in [-0.2, -0.15) is 0 Å². The lowest BCUT2D eigenvalue weighted by atomic mass is 10.1. The molecule has 2 unspecified atom stereocenters. The molecular weight excluding hydrogens is 264 g/mol. The van der Waals surface area contributed by atoms with Gasteiger partial charge in [-0.05, 0) is 30.5 Å². The summed E-state index contributed by atoms with van der Waals surface area (Å²) in [6, 6.07) is 6.05. The van der Waals surface area contributed by atoms with Crippen molar-refractivity contribution in [3.05, 3.63) is 33.8 Å². The lowest BCUT2D eigenvalue weighted by molar-refractivity contribution is 0.430. The van der Waals surface area contributed by atoms with Gasteiger partial charge in [0, 0.05) is 18.5 Å². The number of alkyl halides is 1. The molecule has 1 aromatic carbocycles. The van der Waals surface area contributed by atoms with Crippen LogP contribution >= 0.6 is 34.8 Å². The molecule has 1 aromatic rings. The Hall–Kier alpha value is 0.0500. The molecule has 0 radical (unpaired) electrons. The molecule has 2 atom stereocenters. The number of hydrogen-bond acceptors (Lipinski definition) is 1. The van der Waals surface area contributed by atoms with Crippen molar-refractivity contribution in [2.45, 2.75) is 26.4 Å². The topological polar surface area (TPSA) is 12.0 Å². The number of nitrogens with one attached hydrogen (secondary N) is 1. The van der Waals surface area contributed by atoms with Crippen molar-refractivity contribution in [2.24, 2.45) is 5.92 Å². The van der Waals surface area contributed by atoms with Gasteiger partial charge in [0.25, 0.3) is 0 Å². The lowest BCUT2D eigenvalue weighted by Crippen LogP contribution is -2.32. The van der Waals surface area contributed by atoms with Crippen LogP contribution in [0.1, 0.15) is 19.4 Å². The van der Waals surface area contributed by atoms with Gasteiger partial charge in [0.15, 0.2) is 0 Å². The number of halogens is 3. The third kappa shape index (κ3) is 4.14. The van der Waals surface area contributed by atoms with Gasteiger partial charge in [-0.15, -0.1) is 11.6 Å². The van der Waals surface area contributed by atoms with Crippen molar-refractivity contribution in [3.63, 3.8) is 0 Å². The van der Waals surface area contributed by atoms with Gasteiger partial charge in [0.1, 0.15) is 0 Å². The maximum Gasteiger partial charge on any atom is 0.0595 e. The Kier molecular flexibility index (Phi) is 5.91. The first kappa shape index (κ1) is 14.1. The first-order chi connectivity index (χ1) is 7.54. The van der Waals surface area contributed by atoms with E-state index in [1.807, 2.05) is 18.2 Å². The van der Waals surface area contributed by atoms with Crippen LogP contribution < -0.4 is 5.32 Å². The molecular formula is C12H16Cl3N. The van der Waals surface area contributed by atoms with Gasteiger partial charge < -0.3 is 5.32 Å². The van der Waals surface area contributed by atoms with Crippen LogP contribution in [0.5, 0.6) is 0 Å². The summed E-state index contributed by atoms with van der Waals surface area (Å²) in [6.07, 6.45) is 0. The summed E-state index contributed by atoms with van der Waals surface area (Å²) >= 11 is 17.6. The first-order valence-corrected chi connectivity index (χ1v) is 6.57. The van der Waals surface area contributed by atoms with E-state index in [9.17, 15) is 0 Å². The van der Waals surface area contributed by atoms with Gasteiger partial charge in [0.05, 0.1) is 10.0 Å². The van der Waals surface area contributed by atoms with Crippen molar-refractivity contribution in [1.29, 1.82) is 0 Å². The van der Waals surface area contributed by atoms with Crippen molar-refractivity contribution in [2.75, 3.05) is 5.88 Å². The molecule has 4 heteroatoms. The van der Waals surface area contributed by atoms with E-state index in [-0.39, 0.29) is 0 Å². The summed E-state index contributed by atoms with van der Waals surface area (Å²) in [4.78, 5) is 0. The monoisotopic (exact) mass is 279 g/mol. The van der Waals surface area contributed by atoms with Crippen LogP contribution in [-0.4, -0.2) is 11.9 Å². The average molecular weight is 281 g/mol. The van der Waals surface area contributed by atoms with E-state index in [1.54, 1.807) is 0 Å². The Labute approximate surface area is 112 Å². The van der Waals surface area contributed by atoms with Crippen LogP contribution in [0.3, 0.4) is 0 Å². The normalized spacial score (nSPS) is 14.8. The number of hydrogen-bond donors (Lipinski definition) is 1. The van der Waals surface area contributed by atoms with E-state index in [1.165, 1.54) is 0 Å². The zero-order chi connectivity index (χ0) is 12.1. The van der Waals surface area contributed by atoms with Gasteiger partial charge in [-0.25, -0.2) is 0 Å². The summed E-state index contributed by atoms with van der Waals surface area (Å²) in [5, 5.41) is 4.60. The molecule has 0 heterocycles. The molecule has 1 rings (SSSR count). The van der Waals surface area contributed by atoms with E-state index in [0.717, 1.165) is 12.1 Å². The van der Waals surface area contributed by atoms with Crippen LogP contribution in [0.25, 0.3) is 0 Å². The molecule has 16 heavy (non-hydrogen) atoms. The second kappa shape index (κ2) is 6.70. The molecule has 0 aliphatic heterocycles. The SMILES string of the molecule is CC(CCl)C(C)NCc1ccc(Cl)c(Cl)c1. The Morgan fingerprint density at radius 1 is 1.19 bits per heavy atom. The zero-order valence-corrected chi connectivity index (χ0v) is 11.7. The van der Waals surface area contributed by atoms with E-state index >= 15 is 0 Å². The van der Waals surface area contributed by atoms with E-state index < -0.39 is 0 Å². The Morgan fingerprint density at radius 3 is 2.44 bits per heavy atom. The fraction of sp³-hybridized carbons (Fsp3) is 0.500. The zero-order valence-electron chi connectivity index (χ0n) is 9.43. The van der Waals surface area contributed by atoms with Crippen LogP contribution in [-0.2, 0) is 6.54 Å². The highest BCUT2D eigenvalue weighted by molar-refractivity contribution is 6.42. The van der Waals surface area contributed by atoms with Crippen molar-refractivity contribution < 1.29 is 0 Å². The molecule has 0 saturated heterocycles. The molecule has 1 N–H and O–H groups in total. The minimum atomic E-state index is 0.381. The summed E-state index contributed by atoms with van der Waals surface area (Å²) < 4.78 is 0. The summed E-state index contributed by atoms with van der Waals surface area (Å²) in [7, 11) is 0. The molecule has 90 valence electrons. The molecule has 0 aliphatic rings. The van der Waals surface area contributed by atoms with Crippen molar-refractivity contribution in [1.82, 2.24) is 5.32 Å². The second-order valence-electron chi connectivity index (χ2n) is 4.05. The maximum atomic E-state index is 5.94. The van der Waals surface area contributed by atoms with Crippen molar-refractivity contribution in [3.8, 4) is 0 Å². The van der Waals surface area contributed by atoms with Crippen molar-refractivity contribution >= 4 is 34.8 Å². The average Bonchev–Trinajstić information content (AvgIpc) is 2.29. The standard InChI is InChI=1S/C12H16Cl3N/c1-8(6-13)9(2)16-7-10-3-4-11(14)12(15)5-10/h3-5,8-9,16H,6-7H2,1-2H3. The third-order valence-corrected chi connectivity index (χ3v) is 3.93. The quantitative estimate of drug-likeness (QED) is 0.791. The van der Waals surface area contributed by atoms with Gasteiger partial charge >= 0.3 is 0 Å². The Morgan fingerprint density at radius 2 is 1.88 bits per heavy atom. The largest absolute Gasteiger partial charge is 0.310 e. The maximum absolute atomic E-state index is 5.94. The molecule has 0 fully saturated rings. The number of benzene rings is 1. The molecule has 0 aromatic heterocycles. The minimum Gasteiger partial charge on any atom is -0.310 e. The van der Waals surface area contributed by atoms with Crippen LogP contribution in [0.15, 0.2) is 18.2 Å². The highest BCUT2D eigenvalue weighted by Gasteiger charge is 2.10. The molecule has 0 saturated carbocycles. The van der Waals surface area contributed by atoms with Gasteiger partial charge in [-0.1, -0.05) is 36.2 Å². The minimum absolute atomic E-state index is 0.381. The molecule has 0 spiro atoms. The number of rotatable bonds is 5. The van der Waals surface area contributed by atoms with Gasteiger partial charge in [0.2, 0.25) is 0 Å². The lowest BCUT2D eigenvalue weighted by Gasteiger charge is -2.19. The molecule has 0 aliphatic carbocycles. The van der Waals surface area contributed by atoms with E-state index in [4.69, 9.17) is 34.8 Å². The molecule has 0 bridgehead atoms. The van der Waals surface area contributed by atoms with Gasteiger partial charge in [-0.3, -0.25) is 0 Å². The smallest absolute Gasteiger partial charge is 0.0595 e. The van der Waals surface area contributed by atoms with Crippen LogP contribution in [0.2, 0.25) is 10.0 Å². The highest BCUT2D eigenvalue weighted by atomic mass is 35.5. The third-order valence-electron chi connectivity index (χ3n) is 2.71. The van der Waals surface area contributed by atoms with E-state index in [0.29, 0.717) is 27.9 Å². The van der Waals surface area contributed by atoms with E-state index in [2.05, 4.69) is 19.2 Å². The molecule has 1 nitrogen and oxygen atoms in total. The summed E-state index contributed by atoms with van der Waals surface area (Å²) in [6.45, 7) is 5.03. The van der Waals surface area contributed by atoms with Crippen LogP contribution in [0.4, 0.5) is 0 Å². The Balaban J connectivity index is 2.51. The summed E-state index contributed by atoms with van der Waals surface area (Å²) in [5.74, 6) is 1.11. The highest BCUT2D eigenvalue weighted by Crippen LogP contribution is 2.22. The second-order valence-corrected chi connectivity index (χ2v) is 5.17. The fourth-order valence-corrected chi connectivity index (χ4v) is 1.85. The van der Waals surface area contributed by atoms with Crippen LogP contribution in [0, 0.1) is 5.92 Å². The predicted octanol–water partition coefficient (Wildman–Crippen LogP) is 4.35. The summed E-state index contributed by atoms with van der Waals surface area (Å²) in [5.41, 5.74) is 1.13. The first-order valence-electron chi connectivity index (χ1n) is 5.28. The predicted molar refractivity (Wildman–Crippen MR) is 72.6 cm³/mol. The Bertz CT molecular complexity index is 341.